The van der Waals surface area contributed by atoms with Crippen molar-refractivity contribution in [3.8, 4) is 0 Å². The molecule has 0 spiro atoms. The van der Waals surface area contributed by atoms with Gasteiger partial charge in [-0.2, -0.15) is 0 Å². The van der Waals surface area contributed by atoms with E-state index in [0.29, 0.717) is 11.3 Å². The van der Waals surface area contributed by atoms with Gasteiger partial charge in [-0.1, -0.05) is 30.3 Å². The lowest BCUT2D eigenvalue weighted by Gasteiger charge is -2.08. The number of esters is 1. The van der Waals surface area contributed by atoms with Crippen molar-refractivity contribution in [2.75, 3.05) is 18.2 Å². The van der Waals surface area contributed by atoms with Crippen molar-refractivity contribution >= 4 is 40.1 Å². The number of hydrogen-bond acceptors (Lipinski definition) is 4. The topological polar surface area (TPSA) is 55.4 Å². The van der Waals surface area contributed by atoms with Gasteiger partial charge in [-0.3, -0.25) is 4.79 Å². The monoisotopic (exact) mass is 351 g/mol. The van der Waals surface area contributed by atoms with Gasteiger partial charge < -0.3 is 10.1 Å². The second-order valence-corrected chi connectivity index (χ2v) is 6.29. The van der Waals surface area contributed by atoms with Crippen LogP contribution in [0.1, 0.15) is 10.4 Å². The molecule has 0 fully saturated rings. The first-order valence-corrected chi connectivity index (χ1v) is 8.98. The fourth-order valence-electron chi connectivity index (χ4n) is 2.41. The summed E-state index contributed by atoms with van der Waals surface area (Å²) in [6.45, 7) is -0.323. The summed E-state index contributed by atoms with van der Waals surface area (Å²) in [5.74, 6) is -0.884. The van der Waals surface area contributed by atoms with Crippen LogP contribution in [0.3, 0.4) is 0 Å². The van der Waals surface area contributed by atoms with Crippen molar-refractivity contribution in [3.05, 3.63) is 72.3 Å². The Balaban J connectivity index is 1.57. The van der Waals surface area contributed by atoms with E-state index in [-0.39, 0.29) is 12.5 Å². The zero-order chi connectivity index (χ0) is 17.6. The summed E-state index contributed by atoms with van der Waals surface area (Å²) in [6, 6.07) is 20.6. The van der Waals surface area contributed by atoms with E-state index < -0.39 is 5.97 Å². The zero-order valence-electron chi connectivity index (χ0n) is 13.7. The average Bonchev–Trinajstić information content (AvgIpc) is 2.66. The van der Waals surface area contributed by atoms with Crippen molar-refractivity contribution in [2.24, 2.45) is 0 Å². The summed E-state index contributed by atoms with van der Waals surface area (Å²) in [7, 11) is 0. The molecule has 5 heteroatoms. The minimum absolute atomic E-state index is 0.323. The van der Waals surface area contributed by atoms with E-state index >= 15 is 0 Å². The van der Waals surface area contributed by atoms with Crippen molar-refractivity contribution < 1.29 is 14.3 Å². The van der Waals surface area contributed by atoms with E-state index in [9.17, 15) is 9.59 Å². The van der Waals surface area contributed by atoms with Crippen molar-refractivity contribution in [3.63, 3.8) is 0 Å². The minimum Gasteiger partial charge on any atom is -0.452 e. The molecule has 0 aliphatic carbocycles. The highest BCUT2D eigenvalue weighted by Crippen LogP contribution is 2.19. The third-order valence-corrected chi connectivity index (χ3v) is 4.44. The molecule has 3 aromatic carbocycles. The second-order valence-electron chi connectivity index (χ2n) is 5.41. The summed E-state index contributed by atoms with van der Waals surface area (Å²) < 4.78 is 5.07. The molecule has 0 heterocycles. The van der Waals surface area contributed by atoms with Crippen LogP contribution in [0, 0.1) is 0 Å². The molecular weight excluding hydrogens is 334 g/mol. The van der Waals surface area contributed by atoms with Crippen LogP contribution in [-0.4, -0.2) is 24.7 Å². The minimum atomic E-state index is -0.513. The number of amides is 1. The fraction of sp³-hybridized carbons (Fsp3) is 0.100. The van der Waals surface area contributed by atoms with Gasteiger partial charge in [0.2, 0.25) is 0 Å². The van der Waals surface area contributed by atoms with Gasteiger partial charge in [0.05, 0.1) is 5.56 Å². The highest BCUT2D eigenvalue weighted by molar-refractivity contribution is 7.98. The first kappa shape index (κ1) is 17.0. The maximum atomic E-state index is 12.0. The summed E-state index contributed by atoms with van der Waals surface area (Å²) in [4.78, 5) is 25.0. The predicted octanol–water partition coefficient (Wildman–Crippen LogP) is 4.36. The quantitative estimate of drug-likeness (QED) is 0.548. The van der Waals surface area contributed by atoms with E-state index in [4.69, 9.17) is 4.74 Å². The van der Waals surface area contributed by atoms with Crippen LogP contribution >= 0.6 is 11.8 Å². The Kier molecular flexibility index (Phi) is 5.36. The number of carbonyl (C=O) groups excluding carboxylic acids is 2. The highest BCUT2D eigenvalue weighted by Gasteiger charge is 2.10. The molecule has 0 bridgehead atoms. The van der Waals surface area contributed by atoms with Crippen molar-refractivity contribution in [2.45, 2.75) is 4.90 Å². The van der Waals surface area contributed by atoms with E-state index in [1.807, 2.05) is 60.9 Å². The van der Waals surface area contributed by atoms with Crippen LogP contribution in [0.4, 0.5) is 5.69 Å². The lowest BCUT2D eigenvalue weighted by Crippen LogP contribution is -2.20. The van der Waals surface area contributed by atoms with E-state index in [1.165, 1.54) is 0 Å². The first-order valence-electron chi connectivity index (χ1n) is 7.75. The Morgan fingerprint density at radius 1 is 0.960 bits per heavy atom. The van der Waals surface area contributed by atoms with Crippen LogP contribution < -0.4 is 5.32 Å². The number of thioether (sulfide) groups is 1. The van der Waals surface area contributed by atoms with E-state index in [1.54, 1.807) is 23.9 Å². The first-order chi connectivity index (χ1) is 12.2. The maximum Gasteiger partial charge on any atom is 0.338 e. The van der Waals surface area contributed by atoms with Crippen LogP contribution in [0.25, 0.3) is 10.8 Å². The van der Waals surface area contributed by atoms with Crippen LogP contribution in [0.15, 0.2) is 71.6 Å². The Bertz CT molecular complexity index is 906. The summed E-state index contributed by atoms with van der Waals surface area (Å²) in [6.07, 6.45) is 1.96. The number of carbonyl (C=O) groups is 2. The largest absolute Gasteiger partial charge is 0.452 e. The zero-order valence-corrected chi connectivity index (χ0v) is 14.5. The lowest BCUT2D eigenvalue weighted by molar-refractivity contribution is -0.119. The van der Waals surface area contributed by atoms with Gasteiger partial charge in [-0.15, -0.1) is 11.8 Å². The molecule has 0 aromatic heterocycles. The Morgan fingerprint density at radius 2 is 1.68 bits per heavy atom. The molecule has 0 aliphatic rings. The van der Waals surface area contributed by atoms with Crippen molar-refractivity contribution in [1.29, 1.82) is 0 Å². The van der Waals surface area contributed by atoms with E-state index in [2.05, 4.69) is 5.32 Å². The van der Waals surface area contributed by atoms with Gasteiger partial charge in [-0.05, 0) is 53.4 Å². The third-order valence-electron chi connectivity index (χ3n) is 3.69. The second kappa shape index (κ2) is 7.85. The molecule has 126 valence electrons. The van der Waals surface area contributed by atoms with Gasteiger partial charge in [0.15, 0.2) is 6.61 Å². The third kappa shape index (κ3) is 4.39. The maximum absolute atomic E-state index is 12.0. The smallest absolute Gasteiger partial charge is 0.338 e. The van der Waals surface area contributed by atoms with E-state index in [0.717, 1.165) is 15.7 Å². The molecule has 0 atom stereocenters. The number of hydrogen-bond donors (Lipinski definition) is 1. The standard InChI is InChI=1S/C20H17NO3S/c1-25-18-10-7-15(8-11-18)20(23)24-13-19(22)21-17-9-6-14-4-2-3-5-16(14)12-17/h2-12H,13H2,1H3,(H,21,22). The molecule has 0 unspecified atom stereocenters. The molecule has 4 nitrogen and oxygen atoms in total. The number of ether oxygens (including phenoxy) is 1. The molecule has 0 saturated heterocycles. The van der Waals surface area contributed by atoms with Gasteiger partial charge in [0.25, 0.3) is 5.91 Å². The van der Waals surface area contributed by atoms with Crippen LogP contribution in [0.5, 0.6) is 0 Å². The van der Waals surface area contributed by atoms with Crippen LogP contribution in [0.2, 0.25) is 0 Å². The normalized spacial score (nSPS) is 10.4. The summed E-state index contributed by atoms with van der Waals surface area (Å²) in [5.41, 5.74) is 1.10. The SMILES string of the molecule is CSc1ccc(C(=O)OCC(=O)Nc2ccc3ccccc3c2)cc1. The summed E-state index contributed by atoms with van der Waals surface area (Å²) in [5, 5.41) is 4.87. The Labute approximate surface area is 150 Å². The van der Waals surface area contributed by atoms with Gasteiger partial charge >= 0.3 is 5.97 Å². The Hall–Kier alpha value is -2.79. The number of nitrogens with one attached hydrogen (secondary N) is 1. The average molecular weight is 351 g/mol. The van der Waals surface area contributed by atoms with Gasteiger partial charge in [-0.25, -0.2) is 4.79 Å². The van der Waals surface area contributed by atoms with Crippen molar-refractivity contribution in [1.82, 2.24) is 0 Å². The number of anilines is 1. The number of fused-ring (bicyclic) bond motifs is 1. The predicted molar refractivity (Wildman–Crippen MR) is 101 cm³/mol. The molecule has 3 aromatic rings. The van der Waals surface area contributed by atoms with Gasteiger partial charge in [0, 0.05) is 10.6 Å². The molecule has 0 saturated carbocycles. The Morgan fingerprint density at radius 3 is 2.40 bits per heavy atom. The number of rotatable bonds is 5. The molecule has 0 aliphatic heterocycles. The lowest BCUT2D eigenvalue weighted by atomic mass is 10.1. The van der Waals surface area contributed by atoms with Crippen LogP contribution in [-0.2, 0) is 9.53 Å². The molecular formula is C20H17NO3S. The number of benzene rings is 3. The van der Waals surface area contributed by atoms with Gasteiger partial charge in [0.1, 0.15) is 0 Å². The molecule has 1 N–H and O–H groups in total. The fourth-order valence-corrected chi connectivity index (χ4v) is 2.81. The molecule has 3 rings (SSSR count). The highest BCUT2D eigenvalue weighted by atomic mass is 32.2. The summed E-state index contributed by atoms with van der Waals surface area (Å²) >= 11 is 1.59. The molecule has 0 radical (unpaired) electrons. The molecule has 1 amide bonds. The molecule has 25 heavy (non-hydrogen) atoms.